The van der Waals surface area contributed by atoms with Gasteiger partial charge in [-0.25, -0.2) is 0 Å². The number of carbonyl (C=O) groups excluding carboxylic acids is 1. The quantitative estimate of drug-likeness (QED) is 0.516. The van der Waals surface area contributed by atoms with Crippen molar-refractivity contribution in [3.8, 4) is 17.1 Å². The number of hydrogen-bond donors (Lipinski definition) is 0. The Hall–Kier alpha value is -2.93. The van der Waals surface area contributed by atoms with Crippen LogP contribution in [-0.4, -0.2) is 26.8 Å². The second-order valence-corrected chi connectivity index (χ2v) is 9.19. The lowest BCUT2D eigenvalue weighted by Gasteiger charge is -2.31. The fourth-order valence-corrected chi connectivity index (χ4v) is 4.47. The van der Waals surface area contributed by atoms with Gasteiger partial charge in [0.05, 0.1) is 5.69 Å². The van der Waals surface area contributed by atoms with Gasteiger partial charge in [-0.3, -0.25) is 9.69 Å². The molecule has 1 aliphatic heterocycles. The molecule has 0 saturated carbocycles. The summed E-state index contributed by atoms with van der Waals surface area (Å²) in [5.74, 6) is 1.67. The summed E-state index contributed by atoms with van der Waals surface area (Å²) in [5.41, 5.74) is 5.06. The van der Waals surface area contributed by atoms with E-state index in [1.165, 1.54) is 0 Å². The molecule has 0 N–H and O–H groups in total. The molecular formula is C24H26N4O2S. The number of ether oxygens (including phenoxy) is 1. The van der Waals surface area contributed by atoms with Crippen molar-refractivity contribution in [3.63, 3.8) is 0 Å². The first-order valence-corrected chi connectivity index (χ1v) is 11.3. The fraction of sp³-hybridized carbons (Fsp3) is 0.333. The maximum atomic E-state index is 12.9. The van der Waals surface area contributed by atoms with Crippen LogP contribution in [0.2, 0.25) is 0 Å². The largest absolute Gasteiger partial charge is 0.447 e. The van der Waals surface area contributed by atoms with Crippen molar-refractivity contribution in [2.24, 2.45) is 5.92 Å². The minimum atomic E-state index is -0.653. The van der Waals surface area contributed by atoms with Crippen molar-refractivity contribution in [1.29, 1.82) is 0 Å². The molecule has 6 nitrogen and oxygen atoms in total. The lowest BCUT2D eigenvalue weighted by atomic mass is 10.00. The number of nitrogens with zero attached hydrogens (tertiary/aromatic N) is 4. The van der Waals surface area contributed by atoms with Crippen LogP contribution in [0, 0.1) is 19.8 Å². The molecular weight excluding hydrogens is 408 g/mol. The number of anilines is 1. The topological polar surface area (TPSA) is 68.2 Å². The highest BCUT2D eigenvalue weighted by Crippen LogP contribution is 2.45. The molecule has 31 heavy (non-hydrogen) atoms. The van der Waals surface area contributed by atoms with Crippen LogP contribution in [0.3, 0.4) is 0 Å². The van der Waals surface area contributed by atoms with Gasteiger partial charge in [-0.1, -0.05) is 67.6 Å². The van der Waals surface area contributed by atoms with Gasteiger partial charge in [0.25, 0.3) is 0 Å². The van der Waals surface area contributed by atoms with Crippen molar-refractivity contribution in [2.45, 2.75) is 46.0 Å². The molecule has 4 rings (SSSR count). The van der Waals surface area contributed by atoms with Gasteiger partial charge >= 0.3 is 0 Å². The van der Waals surface area contributed by atoms with Crippen LogP contribution in [0.5, 0.6) is 5.88 Å². The lowest BCUT2D eigenvalue weighted by Crippen LogP contribution is -2.36. The van der Waals surface area contributed by atoms with E-state index < -0.39 is 6.23 Å². The summed E-state index contributed by atoms with van der Waals surface area (Å²) in [6.07, 6.45) is -0.653. The monoisotopic (exact) mass is 434 g/mol. The molecule has 2 aromatic carbocycles. The predicted molar refractivity (Wildman–Crippen MR) is 123 cm³/mol. The molecule has 0 spiro atoms. The zero-order chi connectivity index (χ0) is 22.1. The van der Waals surface area contributed by atoms with E-state index in [9.17, 15) is 4.79 Å². The minimum absolute atomic E-state index is 0.114. The third-order valence-corrected chi connectivity index (χ3v) is 6.27. The first kappa shape index (κ1) is 21.3. The van der Waals surface area contributed by atoms with E-state index in [0.29, 0.717) is 22.6 Å². The van der Waals surface area contributed by atoms with E-state index in [1.807, 2.05) is 50.2 Å². The Bertz CT molecular complexity index is 1120. The summed E-state index contributed by atoms with van der Waals surface area (Å²) in [4.78, 5) is 19.3. The second kappa shape index (κ2) is 8.67. The Kier molecular flexibility index (Phi) is 5.96. The van der Waals surface area contributed by atoms with Crippen molar-refractivity contribution in [1.82, 2.24) is 15.2 Å². The molecule has 2 heterocycles. The number of fused-ring (bicyclic) bond motifs is 3. The molecule has 0 saturated heterocycles. The van der Waals surface area contributed by atoms with Crippen LogP contribution >= 0.6 is 11.8 Å². The summed E-state index contributed by atoms with van der Waals surface area (Å²) < 4.78 is 6.42. The van der Waals surface area contributed by atoms with Crippen LogP contribution in [-0.2, 0) is 4.79 Å². The molecule has 0 radical (unpaired) electrons. The standard InChI is InChI=1S/C24H26N4O2S/c1-14(2)13-31-24-25-22-20(26-27-24)19-12-15(3)11-16(4)21(19)28(17(5)29)23(30-22)18-9-7-6-8-10-18/h6-12,14,23H,13H2,1-5H3/t23-/m0/s1. The third-order valence-electron chi connectivity index (χ3n) is 5.00. The molecule has 0 fully saturated rings. The van der Waals surface area contributed by atoms with Gasteiger partial charge in [-0.05, 0) is 31.4 Å². The molecule has 1 aromatic heterocycles. The van der Waals surface area contributed by atoms with Gasteiger partial charge in [0.1, 0.15) is 0 Å². The average molecular weight is 435 g/mol. The molecule has 0 aliphatic carbocycles. The Morgan fingerprint density at radius 2 is 1.90 bits per heavy atom. The molecule has 1 amide bonds. The van der Waals surface area contributed by atoms with E-state index in [4.69, 9.17) is 9.72 Å². The highest BCUT2D eigenvalue weighted by Gasteiger charge is 2.35. The van der Waals surface area contributed by atoms with Gasteiger partial charge in [-0.2, -0.15) is 4.98 Å². The van der Waals surface area contributed by atoms with E-state index in [-0.39, 0.29) is 5.91 Å². The van der Waals surface area contributed by atoms with E-state index in [2.05, 4.69) is 30.1 Å². The highest BCUT2D eigenvalue weighted by molar-refractivity contribution is 7.99. The second-order valence-electron chi connectivity index (χ2n) is 8.20. The fourth-order valence-electron chi connectivity index (χ4n) is 3.74. The number of amides is 1. The number of thioether (sulfide) groups is 1. The van der Waals surface area contributed by atoms with Crippen molar-refractivity contribution < 1.29 is 9.53 Å². The normalized spacial score (nSPS) is 15.2. The van der Waals surface area contributed by atoms with E-state index in [0.717, 1.165) is 33.7 Å². The lowest BCUT2D eigenvalue weighted by molar-refractivity contribution is -0.118. The smallest absolute Gasteiger partial charge is 0.247 e. The minimum Gasteiger partial charge on any atom is -0.447 e. The number of carbonyl (C=O) groups is 1. The number of aromatic nitrogens is 3. The van der Waals surface area contributed by atoms with Gasteiger partial charge in [0, 0.05) is 23.8 Å². The van der Waals surface area contributed by atoms with E-state index in [1.54, 1.807) is 23.6 Å². The average Bonchev–Trinajstić information content (AvgIpc) is 2.87. The van der Waals surface area contributed by atoms with Crippen LogP contribution in [0.25, 0.3) is 11.3 Å². The molecule has 1 aliphatic rings. The summed E-state index contributed by atoms with van der Waals surface area (Å²) in [5, 5.41) is 9.43. The first-order chi connectivity index (χ1) is 14.8. The van der Waals surface area contributed by atoms with Crippen LogP contribution in [0.15, 0.2) is 47.6 Å². The van der Waals surface area contributed by atoms with Crippen molar-refractivity contribution in [3.05, 3.63) is 59.2 Å². The van der Waals surface area contributed by atoms with Crippen LogP contribution in [0.4, 0.5) is 5.69 Å². The Morgan fingerprint density at radius 3 is 2.58 bits per heavy atom. The molecule has 3 aromatic rings. The number of rotatable bonds is 4. The third kappa shape index (κ3) is 4.28. The van der Waals surface area contributed by atoms with Gasteiger partial charge in [0.2, 0.25) is 23.2 Å². The predicted octanol–water partition coefficient (Wildman–Crippen LogP) is 5.35. The number of benzene rings is 2. The zero-order valence-corrected chi connectivity index (χ0v) is 19.2. The van der Waals surface area contributed by atoms with Gasteiger partial charge < -0.3 is 4.74 Å². The van der Waals surface area contributed by atoms with Crippen molar-refractivity contribution >= 4 is 23.4 Å². The maximum absolute atomic E-state index is 12.9. The van der Waals surface area contributed by atoms with Crippen LogP contribution in [0.1, 0.15) is 43.7 Å². The number of aryl methyl sites for hydroxylation is 2. The summed E-state index contributed by atoms with van der Waals surface area (Å²) in [6.45, 7) is 9.89. The Morgan fingerprint density at radius 1 is 1.16 bits per heavy atom. The van der Waals surface area contributed by atoms with Gasteiger partial charge in [0.15, 0.2) is 5.69 Å². The highest BCUT2D eigenvalue weighted by atomic mass is 32.2. The van der Waals surface area contributed by atoms with Crippen molar-refractivity contribution in [2.75, 3.05) is 10.7 Å². The van der Waals surface area contributed by atoms with E-state index >= 15 is 0 Å². The molecule has 160 valence electrons. The summed E-state index contributed by atoms with van der Waals surface area (Å²) in [7, 11) is 0. The maximum Gasteiger partial charge on any atom is 0.247 e. The zero-order valence-electron chi connectivity index (χ0n) is 18.4. The SMILES string of the molecule is CC(=O)N1c2c(C)cc(C)cc2-c2nnc(SCC(C)C)nc2O[C@H]1c1ccccc1. The molecule has 0 bridgehead atoms. The number of hydrogen-bond acceptors (Lipinski definition) is 6. The van der Waals surface area contributed by atoms with Crippen LogP contribution < -0.4 is 9.64 Å². The Balaban J connectivity index is 1.94. The molecule has 0 unspecified atom stereocenters. The first-order valence-electron chi connectivity index (χ1n) is 10.4. The molecule has 7 heteroatoms. The summed E-state index contributed by atoms with van der Waals surface area (Å²) >= 11 is 1.55. The molecule has 1 atom stereocenters. The van der Waals surface area contributed by atoms with Gasteiger partial charge in [-0.15, -0.1) is 10.2 Å². The Labute approximate surface area is 187 Å². The summed E-state index contributed by atoms with van der Waals surface area (Å²) in [6, 6.07) is 13.8.